The van der Waals surface area contributed by atoms with Gasteiger partial charge in [-0.3, -0.25) is 10.2 Å². The van der Waals surface area contributed by atoms with E-state index in [1.807, 2.05) is 42.5 Å². The van der Waals surface area contributed by atoms with Gasteiger partial charge in [-0.2, -0.15) is 0 Å². The molecule has 0 saturated carbocycles. The molecule has 5 rings (SSSR count). The summed E-state index contributed by atoms with van der Waals surface area (Å²) in [5.74, 6) is -0.657. The smallest absolute Gasteiger partial charge is 0.412 e. The number of methoxy groups -OCH3 is 2. The third kappa shape index (κ3) is 3.93. The standard InChI is InChI=1S/C27H27N3O6S/c1-35-24(31)23-17-27(28-18-19-11-5-3-6-12-19)21-15-9-10-16-22(21)30(25(27)29(23)26(32)36-2)37(33,34)20-13-7-4-8-14-20/h3-16,23,25,28H,17-18H2,1-2H3/t23-,25-,27-/m0/s1. The van der Waals surface area contributed by atoms with Gasteiger partial charge in [-0.1, -0.05) is 66.7 Å². The first-order chi connectivity index (χ1) is 17.8. The number of fused-ring (bicyclic) bond motifs is 3. The van der Waals surface area contributed by atoms with Crippen LogP contribution in [0.5, 0.6) is 0 Å². The number of amides is 1. The highest BCUT2D eigenvalue weighted by Gasteiger charge is 2.66. The molecule has 3 aromatic carbocycles. The topological polar surface area (TPSA) is 105 Å². The van der Waals surface area contributed by atoms with Crippen LogP contribution >= 0.6 is 0 Å². The van der Waals surface area contributed by atoms with Gasteiger partial charge in [0.2, 0.25) is 0 Å². The quantitative estimate of drug-likeness (QED) is 0.497. The third-order valence-electron chi connectivity index (χ3n) is 7.01. The van der Waals surface area contributed by atoms with Crippen molar-refractivity contribution >= 4 is 27.8 Å². The molecule has 3 atom stereocenters. The minimum absolute atomic E-state index is 0.0648. The zero-order valence-electron chi connectivity index (χ0n) is 20.4. The van der Waals surface area contributed by atoms with E-state index < -0.39 is 39.8 Å². The van der Waals surface area contributed by atoms with Crippen molar-refractivity contribution in [3.8, 4) is 0 Å². The maximum absolute atomic E-state index is 14.2. The van der Waals surface area contributed by atoms with Gasteiger partial charge >= 0.3 is 12.1 Å². The molecule has 9 nitrogen and oxygen atoms in total. The molecule has 192 valence electrons. The van der Waals surface area contributed by atoms with E-state index in [9.17, 15) is 18.0 Å². The van der Waals surface area contributed by atoms with Gasteiger partial charge in [0.25, 0.3) is 10.0 Å². The van der Waals surface area contributed by atoms with E-state index in [2.05, 4.69) is 5.32 Å². The van der Waals surface area contributed by atoms with Gasteiger partial charge in [0, 0.05) is 18.5 Å². The van der Waals surface area contributed by atoms with Crippen molar-refractivity contribution in [3.05, 3.63) is 96.1 Å². The fourth-order valence-corrected chi connectivity index (χ4v) is 7.09. The van der Waals surface area contributed by atoms with Crippen LogP contribution in [-0.4, -0.2) is 51.8 Å². The number of rotatable bonds is 6. The predicted molar refractivity (Wildman–Crippen MR) is 136 cm³/mol. The van der Waals surface area contributed by atoms with Gasteiger partial charge in [-0.15, -0.1) is 0 Å². The van der Waals surface area contributed by atoms with Gasteiger partial charge in [0.15, 0.2) is 0 Å². The van der Waals surface area contributed by atoms with Gasteiger partial charge in [0.1, 0.15) is 12.2 Å². The lowest BCUT2D eigenvalue weighted by Gasteiger charge is -2.37. The van der Waals surface area contributed by atoms with Gasteiger partial charge in [0.05, 0.1) is 30.3 Å². The Kier molecular flexibility index (Phi) is 6.38. The largest absolute Gasteiger partial charge is 0.467 e. The van der Waals surface area contributed by atoms with E-state index in [4.69, 9.17) is 9.47 Å². The predicted octanol–water partition coefficient (Wildman–Crippen LogP) is 3.22. The molecule has 1 saturated heterocycles. The summed E-state index contributed by atoms with van der Waals surface area (Å²) in [6.07, 6.45) is -1.87. The molecule has 3 aromatic rings. The highest BCUT2D eigenvalue weighted by atomic mass is 32.2. The Hall–Kier alpha value is -3.89. The Balaban J connectivity index is 1.73. The fraction of sp³-hybridized carbons (Fsp3) is 0.259. The number of nitrogens with zero attached hydrogens (tertiary/aromatic N) is 2. The normalized spacial score (nSPS) is 22.3. The van der Waals surface area contributed by atoms with Crippen LogP contribution in [-0.2, 0) is 36.4 Å². The number of benzene rings is 3. The Bertz CT molecular complexity index is 1420. The highest BCUT2D eigenvalue weighted by molar-refractivity contribution is 7.92. The summed E-state index contributed by atoms with van der Waals surface area (Å²) in [6, 6.07) is 23.7. The second-order valence-electron chi connectivity index (χ2n) is 8.94. The lowest BCUT2D eigenvalue weighted by Crippen LogP contribution is -2.59. The summed E-state index contributed by atoms with van der Waals surface area (Å²) in [7, 11) is -1.73. The molecule has 0 spiro atoms. The van der Waals surface area contributed by atoms with Gasteiger partial charge in [-0.05, 0) is 23.8 Å². The highest BCUT2D eigenvalue weighted by Crippen LogP contribution is 2.54. The number of para-hydroxylation sites is 1. The number of hydrogen-bond acceptors (Lipinski definition) is 7. The van der Waals surface area contributed by atoms with Crippen LogP contribution in [0.4, 0.5) is 10.5 Å². The summed E-state index contributed by atoms with van der Waals surface area (Å²) in [5, 5.41) is 3.54. The molecule has 2 aliphatic rings. The van der Waals surface area contributed by atoms with Crippen molar-refractivity contribution in [2.45, 2.75) is 35.6 Å². The van der Waals surface area contributed by atoms with E-state index in [1.54, 1.807) is 30.3 Å². The number of ether oxygens (including phenoxy) is 2. The Morgan fingerprint density at radius 3 is 2.19 bits per heavy atom. The number of anilines is 1. The average Bonchev–Trinajstić information content (AvgIpc) is 3.42. The van der Waals surface area contributed by atoms with E-state index in [-0.39, 0.29) is 11.3 Å². The van der Waals surface area contributed by atoms with Crippen LogP contribution < -0.4 is 9.62 Å². The lowest BCUT2D eigenvalue weighted by molar-refractivity contribution is -0.145. The summed E-state index contributed by atoms with van der Waals surface area (Å²) in [4.78, 5) is 27.4. The van der Waals surface area contributed by atoms with Crippen LogP contribution in [0.3, 0.4) is 0 Å². The molecule has 1 amide bonds. The monoisotopic (exact) mass is 521 g/mol. The summed E-state index contributed by atoms with van der Waals surface area (Å²) in [5.41, 5.74) is 0.926. The van der Waals surface area contributed by atoms with Crippen molar-refractivity contribution in [2.24, 2.45) is 0 Å². The first-order valence-electron chi connectivity index (χ1n) is 11.8. The zero-order valence-corrected chi connectivity index (χ0v) is 21.2. The van der Waals surface area contributed by atoms with Crippen LogP contribution in [0, 0.1) is 0 Å². The summed E-state index contributed by atoms with van der Waals surface area (Å²) in [6.45, 7) is 0.369. The number of nitrogens with one attached hydrogen (secondary N) is 1. The number of sulfonamides is 1. The van der Waals surface area contributed by atoms with Crippen LogP contribution in [0.1, 0.15) is 17.5 Å². The maximum atomic E-state index is 14.2. The molecule has 0 aliphatic carbocycles. The van der Waals surface area contributed by atoms with E-state index in [1.165, 1.54) is 35.6 Å². The minimum Gasteiger partial charge on any atom is -0.467 e. The molecule has 0 radical (unpaired) electrons. The average molecular weight is 522 g/mol. The molecule has 0 aromatic heterocycles. The number of esters is 1. The molecule has 2 aliphatic heterocycles. The van der Waals surface area contributed by atoms with Crippen LogP contribution in [0.25, 0.3) is 0 Å². The molecule has 1 N–H and O–H groups in total. The van der Waals surface area contributed by atoms with Crippen molar-refractivity contribution in [3.63, 3.8) is 0 Å². The van der Waals surface area contributed by atoms with Crippen molar-refractivity contribution in [1.29, 1.82) is 0 Å². The van der Waals surface area contributed by atoms with Crippen LogP contribution in [0.2, 0.25) is 0 Å². The van der Waals surface area contributed by atoms with Crippen molar-refractivity contribution in [2.75, 3.05) is 18.5 Å². The summed E-state index contributed by atoms with van der Waals surface area (Å²) < 4.78 is 39.7. The number of carbonyl (C=O) groups excluding carboxylic acids is 2. The first-order valence-corrected chi connectivity index (χ1v) is 13.2. The maximum Gasteiger partial charge on any atom is 0.412 e. The molecule has 0 unspecified atom stereocenters. The van der Waals surface area contributed by atoms with Crippen molar-refractivity contribution < 1.29 is 27.5 Å². The van der Waals surface area contributed by atoms with Gasteiger partial charge in [-0.25, -0.2) is 22.3 Å². The Morgan fingerprint density at radius 2 is 1.54 bits per heavy atom. The number of likely N-dealkylation sites (tertiary alicyclic amines) is 1. The van der Waals surface area contributed by atoms with Crippen LogP contribution in [0.15, 0.2) is 89.8 Å². The van der Waals surface area contributed by atoms with E-state index in [0.29, 0.717) is 17.8 Å². The first kappa shape index (κ1) is 24.8. The number of carbonyl (C=O) groups is 2. The fourth-order valence-electron chi connectivity index (χ4n) is 5.40. The second kappa shape index (κ2) is 9.53. The molecule has 1 fully saturated rings. The zero-order chi connectivity index (χ0) is 26.2. The molecular formula is C27H27N3O6S. The second-order valence-corrected chi connectivity index (χ2v) is 10.8. The molecule has 0 bridgehead atoms. The Labute approximate surface area is 215 Å². The summed E-state index contributed by atoms with van der Waals surface area (Å²) >= 11 is 0. The SMILES string of the molecule is COC(=O)[C@@H]1C[C@]2(NCc3ccccc3)c3ccccc3N(S(=O)(=O)c3ccccc3)[C@@H]2N1C(=O)OC. The minimum atomic E-state index is -4.17. The van der Waals surface area contributed by atoms with E-state index in [0.717, 1.165) is 5.56 Å². The number of hydrogen-bond donors (Lipinski definition) is 1. The van der Waals surface area contributed by atoms with Gasteiger partial charge < -0.3 is 9.47 Å². The Morgan fingerprint density at radius 1 is 0.919 bits per heavy atom. The van der Waals surface area contributed by atoms with E-state index >= 15 is 0 Å². The van der Waals surface area contributed by atoms with Crippen molar-refractivity contribution in [1.82, 2.24) is 10.2 Å². The third-order valence-corrected chi connectivity index (χ3v) is 8.79. The molecule has 37 heavy (non-hydrogen) atoms. The molecular weight excluding hydrogens is 494 g/mol. The lowest BCUT2D eigenvalue weighted by atomic mass is 9.86. The molecule has 10 heteroatoms. The molecule has 2 heterocycles.